The predicted molar refractivity (Wildman–Crippen MR) is 77.2 cm³/mol. The summed E-state index contributed by atoms with van der Waals surface area (Å²) >= 11 is 1.81. The topological polar surface area (TPSA) is 28.2 Å². The minimum Gasteiger partial charge on any atom is -0.348 e. The molecule has 1 aromatic heterocycles. The minimum atomic E-state index is 0.772. The van der Waals surface area contributed by atoms with Crippen LogP contribution in [0.25, 0.3) is 0 Å². The molecule has 0 amide bonds. The van der Waals surface area contributed by atoms with Gasteiger partial charge >= 0.3 is 0 Å². The van der Waals surface area contributed by atoms with Crippen LogP contribution in [0.15, 0.2) is 5.38 Å². The number of hydrogen-bond acceptors (Lipinski definition) is 4. The van der Waals surface area contributed by atoms with Crippen LogP contribution in [0, 0.1) is 5.92 Å². The van der Waals surface area contributed by atoms with Crippen molar-refractivity contribution in [1.82, 2.24) is 10.3 Å². The average Bonchev–Trinajstić information content (AvgIpc) is 3.28. The van der Waals surface area contributed by atoms with E-state index in [1.807, 2.05) is 11.3 Å². The molecule has 2 aliphatic rings. The highest BCUT2D eigenvalue weighted by Gasteiger charge is 2.25. The van der Waals surface area contributed by atoms with Gasteiger partial charge in [-0.2, -0.15) is 0 Å². The van der Waals surface area contributed by atoms with E-state index in [1.165, 1.54) is 49.5 Å². The van der Waals surface area contributed by atoms with Crippen LogP contribution in [0.5, 0.6) is 0 Å². The zero-order chi connectivity index (χ0) is 12.4. The summed E-state index contributed by atoms with van der Waals surface area (Å²) in [7, 11) is 0. The lowest BCUT2D eigenvalue weighted by molar-refractivity contribution is 0.671. The van der Waals surface area contributed by atoms with Gasteiger partial charge in [-0.3, -0.25) is 0 Å². The third-order valence-electron chi connectivity index (χ3n) is 3.63. The van der Waals surface area contributed by atoms with Crippen molar-refractivity contribution in [3.05, 3.63) is 11.1 Å². The molecule has 3 nitrogen and oxygen atoms in total. The normalized spacial score (nSPS) is 19.2. The van der Waals surface area contributed by atoms with Gasteiger partial charge in [0.05, 0.1) is 5.69 Å². The molecule has 2 aliphatic carbocycles. The van der Waals surface area contributed by atoms with Gasteiger partial charge in [0.15, 0.2) is 5.13 Å². The van der Waals surface area contributed by atoms with Gasteiger partial charge in [-0.05, 0) is 38.0 Å². The molecule has 1 aromatic rings. The first-order valence-corrected chi connectivity index (χ1v) is 8.16. The fourth-order valence-electron chi connectivity index (χ4n) is 2.21. The molecule has 0 aromatic carbocycles. The maximum atomic E-state index is 4.79. The second-order valence-electron chi connectivity index (χ2n) is 5.67. The summed E-state index contributed by atoms with van der Waals surface area (Å²) in [6.45, 7) is 5.57. The summed E-state index contributed by atoms with van der Waals surface area (Å²) in [4.78, 5) is 7.28. The molecule has 0 saturated heterocycles. The molecule has 0 atom stereocenters. The maximum absolute atomic E-state index is 4.79. The Morgan fingerprint density at radius 1 is 1.39 bits per heavy atom. The van der Waals surface area contributed by atoms with Crippen LogP contribution in [0.1, 0.15) is 44.7 Å². The van der Waals surface area contributed by atoms with Gasteiger partial charge < -0.3 is 10.2 Å². The number of hydrogen-bond donors (Lipinski definition) is 1. The molecule has 0 unspecified atom stereocenters. The van der Waals surface area contributed by atoms with Gasteiger partial charge in [-0.1, -0.05) is 6.92 Å². The standard InChI is InChI=1S/C14H23N3S/c1-2-7-17(9-11-3-4-11)14-16-13(10-18-14)8-15-12-5-6-12/h10-12,15H,2-9H2,1H3. The molecule has 0 radical (unpaired) electrons. The molecular weight excluding hydrogens is 242 g/mol. The number of aromatic nitrogens is 1. The summed E-state index contributed by atoms with van der Waals surface area (Å²) < 4.78 is 0. The molecule has 0 aliphatic heterocycles. The van der Waals surface area contributed by atoms with E-state index in [0.29, 0.717) is 0 Å². The van der Waals surface area contributed by atoms with E-state index < -0.39 is 0 Å². The Bertz CT molecular complexity index is 382. The summed E-state index contributed by atoms with van der Waals surface area (Å²) in [5.41, 5.74) is 1.22. The SMILES string of the molecule is CCCN(CC1CC1)c1nc(CNC2CC2)cs1. The van der Waals surface area contributed by atoms with E-state index in [1.54, 1.807) is 0 Å². The van der Waals surface area contributed by atoms with Gasteiger partial charge in [0.1, 0.15) is 0 Å². The highest BCUT2D eigenvalue weighted by molar-refractivity contribution is 7.13. The maximum Gasteiger partial charge on any atom is 0.185 e. The Morgan fingerprint density at radius 3 is 2.89 bits per heavy atom. The lowest BCUT2D eigenvalue weighted by Crippen LogP contribution is -2.26. The quantitative estimate of drug-likeness (QED) is 0.783. The first-order valence-electron chi connectivity index (χ1n) is 7.28. The summed E-state index contributed by atoms with van der Waals surface area (Å²) in [5, 5.41) is 6.99. The van der Waals surface area contributed by atoms with E-state index in [9.17, 15) is 0 Å². The minimum absolute atomic E-state index is 0.772. The van der Waals surface area contributed by atoms with Gasteiger partial charge in [-0.25, -0.2) is 4.98 Å². The molecule has 2 fully saturated rings. The average molecular weight is 265 g/mol. The summed E-state index contributed by atoms with van der Waals surface area (Å²) in [6.07, 6.45) is 6.74. The smallest absolute Gasteiger partial charge is 0.185 e. The van der Waals surface area contributed by atoms with Crippen LogP contribution in [-0.4, -0.2) is 24.1 Å². The summed E-state index contributed by atoms with van der Waals surface area (Å²) in [6, 6.07) is 0.772. The monoisotopic (exact) mass is 265 g/mol. The van der Waals surface area contributed by atoms with E-state index in [4.69, 9.17) is 4.98 Å². The number of rotatable bonds is 8. The molecule has 100 valence electrons. The van der Waals surface area contributed by atoms with Crippen molar-refractivity contribution in [3.63, 3.8) is 0 Å². The van der Waals surface area contributed by atoms with Gasteiger partial charge in [0.25, 0.3) is 0 Å². The zero-order valence-electron chi connectivity index (χ0n) is 11.2. The second kappa shape index (κ2) is 5.57. The fourth-order valence-corrected chi connectivity index (χ4v) is 3.07. The molecule has 18 heavy (non-hydrogen) atoms. The predicted octanol–water partition coefficient (Wildman–Crippen LogP) is 3.02. The highest BCUT2D eigenvalue weighted by atomic mass is 32.1. The Morgan fingerprint density at radius 2 is 2.22 bits per heavy atom. The molecule has 2 saturated carbocycles. The molecule has 1 heterocycles. The lowest BCUT2D eigenvalue weighted by Gasteiger charge is -2.20. The van der Waals surface area contributed by atoms with Crippen LogP contribution in [-0.2, 0) is 6.54 Å². The largest absolute Gasteiger partial charge is 0.348 e. The van der Waals surface area contributed by atoms with Crippen LogP contribution in [0.3, 0.4) is 0 Å². The van der Waals surface area contributed by atoms with E-state index in [0.717, 1.165) is 25.0 Å². The van der Waals surface area contributed by atoms with Crippen LogP contribution < -0.4 is 10.2 Å². The van der Waals surface area contributed by atoms with E-state index in [2.05, 4.69) is 22.5 Å². The fraction of sp³-hybridized carbons (Fsp3) is 0.786. The third-order valence-corrected chi connectivity index (χ3v) is 4.58. The Hall–Kier alpha value is -0.610. The Kier molecular flexibility index (Phi) is 3.85. The van der Waals surface area contributed by atoms with Gasteiger partial charge in [0, 0.05) is 31.1 Å². The first kappa shape index (κ1) is 12.4. The zero-order valence-corrected chi connectivity index (χ0v) is 12.0. The molecule has 0 bridgehead atoms. The Labute approximate surface area is 114 Å². The van der Waals surface area contributed by atoms with Crippen molar-refractivity contribution < 1.29 is 0 Å². The molecule has 4 heteroatoms. The van der Waals surface area contributed by atoms with Crippen LogP contribution in [0.2, 0.25) is 0 Å². The van der Waals surface area contributed by atoms with Crippen molar-refractivity contribution >= 4 is 16.5 Å². The van der Waals surface area contributed by atoms with Crippen LogP contribution >= 0.6 is 11.3 Å². The molecular formula is C14H23N3S. The van der Waals surface area contributed by atoms with E-state index in [-0.39, 0.29) is 0 Å². The summed E-state index contributed by atoms with van der Waals surface area (Å²) in [5.74, 6) is 0.938. The van der Waals surface area contributed by atoms with Crippen LogP contribution in [0.4, 0.5) is 5.13 Å². The number of nitrogens with zero attached hydrogens (tertiary/aromatic N) is 2. The highest BCUT2D eigenvalue weighted by Crippen LogP contribution is 2.32. The number of anilines is 1. The third kappa shape index (κ3) is 3.45. The van der Waals surface area contributed by atoms with Crippen molar-refractivity contribution in [2.75, 3.05) is 18.0 Å². The molecule has 3 rings (SSSR count). The first-order chi connectivity index (χ1) is 8.85. The van der Waals surface area contributed by atoms with E-state index >= 15 is 0 Å². The van der Waals surface area contributed by atoms with Crippen molar-refractivity contribution in [1.29, 1.82) is 0 Å². The van der Waals surface area contributed by atoms with Gasteiger partial charge in [0.2, 0.25) is 0 Å². The number of thiazole rings is 1. The van der Waals surface area contributed by atoms with Crippen molar-refractivity contribution in [2.45, 2.75) is 51.6 Å². The van der Waals surface area contributed by atoms with Gasteiger partial charge in [-0.15, -0.1) is 11.3 Å². The molecule has 0 spiro atoms. The lowest BCUT2D eigenvalue weighted by atomic mass is 10.3. The van der Waals surface area contributed by atoms with Crippen molar-refractivity contribution in [3.8, 4) is 0 Å². The molecule has 1 N–H and O–H groups in total. The second-order valence-corrected chi connectivity index (χ2v) is 6.50. The number of nitrogens with one attached hydrogen (secondary N) is 1. The Balaban J connectivity index is 1.56. The van der Waals surface area contributed by atoms with Crippen molar-refractivity contribution in [2.24, 2.45) is 5.92 Å².